The largest absolute Gasteiger partial charge is 0.468 e. The van der Waals surface area contributed by atoms with Gasteiger partial charge in [0.15, 0.2) is 0 Å². The second kappa shape index (κ2) is 3.64. The average molecular weight is 187 g/mol. The number of hydrogen-bond donors (Lipinski definition) is 1. The number of carbonyl (C=O) groups excluding carboxylic acids is 1. The van der Waals surface area contributed by atoms with Crippen molar-refractivity contribution in [2.45, 2.75) is 32.9 Å². The smallest absolute Gasteiger partial charge is 0.325 e. The van der Waals surface area contributed by atoms with Gasteiger partial charge in [0.1, 0.15) is 6.04 Å². The van der Waals surface area contributed by atoms with Crippen LogP contribution in [0, 0.1) is 5.41 Å². The maximum atomic E-state index is 11.3. The Bertz CT molecular complexity index is 198. The van der Waals surface area contributed by atoms with Crippen molar-refractivity contribution >= 4 is 5.97 Å². The molecular formula is C9H17NO3. The molecule has 13 heavy (non-hydrogen) atoms. The van der Waals surface area contributed by atoms with Crippen molar-refractivity contribution in [3.63, 3.8) is 0 Å². The number of esters is 1. The first kappa shape index (κ1) is 10.5. The molecule has 0 saturated carbocycles. The molecule has 1 aliphatic rings. The van der Waals surface area contributed by atoms with Crippen LogP contribution in [0.1, 0.15) is 20.8 Å². The van der Waals surface area contributed by atoms with Crippen molar-refractivity contribution in [2.75, 3.05) is 13.8 Å². The van der Waals surface area contributed by atoms with E-state index in [9.17, 15) is 4.79 Å². The summed E-state index contributed by atoms with van der Waals surface area (Å²) in [6.45, 7) is 6.55. The molecule has 1 rings (SSSR count). The molecule has 2 atom stereocenters. The molecule has 4 nitrogen and oxygen atoms in total. The zero-order valence-corrected chi connectivity index (χ0v) is 8.59. The van der Waals surface area contributed by atoms with Crippen LogP contribution >= 0.6 is 0 Å². The standard InChI is InChI=1S/C9H17NO3/c1-9(2,3)7-6(8(11)12-4)10-5-13-7/h6-7,10H,5H2,1-4H3/t6-,7-/m1/s1. The van der Waals surface area contributed by atoms with Crippen LogP contribution < -0.4 is 5.32 Å². The van der Waals surface area contributed by atoms with E-state index in [1.54, 1.807) is 0 Å². The summed E-state index contributed by atoms with van der Waals surface area (Å²) in [6.07, 6.45) is -0.111. The van der Waals surface area contributed by atoms with Crippen molar-refractivity contribution in [1.82, 2.24) is 5.32 Å². The van der Waals surface area contributed by atoms with Gasteiger partial charge in [0.25, 0.3) is 0 Å². The molecule has 1 aliphatic heterocycles. The molecule has 0 aromatic rings. The Labute approximate surface area is 78.6 Å². The number of rotatable bonds is 1. The highest BCUT2D eigenvalue weighted by Gasteiger charge is 2.41. The summed E-state index contributed by atoms with van der Waals surface area (Å²) in [6, 6.07) is -0.329. The van der Waals surface area contributed by atoms with Crippen LogP contribution in [0.2, 0.25) is 0 Å². The number of hydrogen-bond acceptors (Lipinski definition) is 4. The zero-order chi connectivity index (χ0) is 10.1. The lowest BCUT2D eigenvalue weighted by Crippen LogP contribution is -2.45. The normalized spacial score (nSPS) is 28.9. The molecule has 0 aromatic carbocycles. The van der Waals surface area contributed by atoms with Crippen LogP contribution in [0.15, 0.2) is 0 Å². The van der Waals surface area contributed by atoms with Gasteiger partial charge in [-0.05, 0) is 5.41 Å². The van der Waals surface area contributed by atoms with E-state index < -0.39 is 0 Å². The van der Waals surface area contributed by atoms with Gasteiger partial charge in [0, 0.05) is 0 Å². The fraction of sp³-hybridized carbons (Fsp3) is 0.889. The zero-order valence-electron chi connectivity index (χ0n) is 8.59. The maximum Gasteiger partial charge on any atom is 0.325 e. The Morgan fingerprint density at radius 2 is 2.15 bits per heavy atom. The molecule has 0 bridgehead atoms. The van der Waals surface area contributed by atoms with Crippen molar-refractivity contribution in [3.05, 3.63) is 0 Å². The van der Waals surface area contributed by atoms with Crippen molar-refractivity contribution < 1.29 is 14.3 Å². The lowest BCUT2D eigenvalue weighted by Gasteiger charge is -2.28. The van der Waals surface area contributed by atoms with Crippen LogP contribution in [0.5, 0.6) is 0 Å². The molecule has 0 spiro atoms. The molecular weight excluding hydrogens is 170 g/mol. The van der Waals surface area contributed by atoms with E-state index >= 15 is 0 Å². The number of nitrogens with one attached hydrogen (secondary N) is 1. The first-order valence-corrected chi connectivity index (χ1v) is 4.39. The summed E-state index contributed by atoms with van der Waals surface area (Å²) in [5.41, 5.74) is -0.0532. The number of methoxy groups -OCH3 is 1. The van der Waals surface area contributed by atoms with Crippen LogP contribution in [0.25, 0.3) is 0 Å². The Kier molecular flexibility index (Phi) is 2.93. The third kappa shape index (κ3) is 2.19. The van der Waals surface area contributed by atoms with Crippen LogP contribution in [-0.4, -0.2) is 32.0 Å². The summed E-state index contributed by atoms with van der Waals surface area (Å²) in [5.74, 6) is -0.252. The van der Waals surface area contributed by atoms with Gasteiger partial charge in [-0.2, -0.15) is 0 Å². The number of ether oxygens (including phenoxy) is 2. The van der Waals surface area contributed by atoms with Crippen molar-refractivity contribution in [3.8, 4) is 0 Å². The summed E-state index contributed by atoms with van der Waals surface area (Å²) >= 11 is 0. The van der Waals surface area contributed by atoms with E-state index in [4.69, 9.17) is 4.74 Å². The molecule has 0 unspecified atom stereocenters. The van der Waals surface area contributed by atoms with Gasteiger partial charge in [0.2, 0.25) is 0 Å². The lowest BCUT2D eigenvalue weighted by molar-refractivity contribution is -0.145. The topological polar surface area (TPSA) is 47.6 Å². The third-order valence-corrected chi connectivity index (χ3v) is 2.18. The van der Waals surface area contributed by atoms with E-state index in [-0.39, 0.29) is 23.5 Å². The van der Waals surface area contributed by atoms with Crippen molar-refractivity contribution in [1.29, 1.82) is 0 Å². The minimum atomic E-state index is -0.329. The number of carbonyl (C=O) groups is 1. The Balaban J connectivity index is 2.70. The Morgan fingerprint density at radius 1 is 1.54 bits per heavy atom. The molecule has 1 fully saturated rings. The van der Waals surface area contributed by atoms with Gasteiger partial charge in [0.05, 0.1) is 19.9 Å². The lowest BCUT2D eigenvalue weighted by atomic mass is 9.85. The molecule has 4 heteroatoms. The van der Waals surface area contributed by atoms with Crippen LogP contribution in [0.3, 0.4) is 0 Å². The maximum absolute atomic E-state index is 11.3. The molecule has 0 amide bonds. The monoisotopic (exact) mass is 187 g/mol. The summed E-state index contributed by atoms with van der Waals surface area (Å²) in [4.78, 5) is 11.3. The minimum Gasteiger partial charge on any atom is -0.468 e. The van der Waals surface area contributed by atoms with Crippen LogP contribution in [0.4, 0.5) is 0 Å². The van der Waals surface area contributed by atoms with E-state index in [2.05, 4.69) is 10.1 Å². The molecule has 1 saturated heterocycles. The first-order valence-electron chi connectivity index (χ1n) is 4.39. The van der Waals surface area contributed by atoms with E-state index in [1.165, 1.54) is 7.11 Å². The fourth-order valence-corrected chi connectivity index (χ4v) is 1.51. The van der Waals surface area contributed by atoms with Crippen LogP contribution in [-0.2, 0) is 14.3 Å². The summed E-state index contributed by atoms with van der Waals surface area (Å²) in [5, 5.41) is 2.97. The SMILES string of the molecule is COC(=O)[C@@H]1NCO[C@H]1C(C)(C)C. The van der Waals surface area contributed by atoms with Gasteiger partial charge < -0.3 is 9.47 Å². The van der Waals surface area contributed by atoms with Gasteiger partial charge >= 0.3 is 5.97 Å². The molecule has 1 heterocycles. The predicted molar refractivity (Wildman–Crippen MR) is 48.1 cm³/mol. The quantitative estimate of drug-likeness (QED) is 0.608. The summed E-state index contributed by atoms with van der Waals surface area (Å²) < 4.78 is 10.1. The fourth-order valence-electron chi connectivity index (χ4n) is 1.51. The Morgan fingerprint density at radius 3 is 2.62 bits per heavy atom. The molecule has 0 radical (unpaired) electrons. The second-order valence-electron chi connectivity index (χ2n) is 4.30. The molecule has 76 valence electrons. The summed E-state index contributed by atoms with van der Waals surface area (Å²) in [7, 11) is 1.39. The molecule has 0 aliphatic carbocycles. The van der Waals surface area contributed by atoms with Gasteiger partial charge in [-0.1, -0.05) is 20.8 Å². The van der Waals surface area contributed by atoms with E-state index in [0.717, 1.165) is 0 Å². The average Bonchev–Trinajstić information content (AvgIpc) is 2.49. The second-order valence-corrected chi connectivity index (χ2v) is 4.30. The van der Waals surface area contributed by atoms with Crippen molar-refractivity contribution in [2.24, 2.45) is 5.41 Å². The molecule has 1 N–H and O–H groups in total. The van der Waals surface area contributed by atoms with Gasteiger partial charge in [-0.15, -0.1) is 0 Å². The Hall–Kier alpha value is -0.610. The molecule has 0 aromatic heterocycles. The minimum absolute atomic E-state index is 0.0532. The highest BCUT2D eigenvalue weighted by atomic mass is 16.5. The highest BCUT2D eigenvalue weighted by Crippen LogP contribution is 2.27. The first-order chi connectivity index (χ1) is 5.96. The third-order valence-electron chi connectivity index (χ3n) is 2.18. The van der Waals surface area contributed by atoms with Gasteiger partial charge in [-0.25, -0.2) is 0 Å². The highest BCUT2D eigenvalue weighted by molar-refractivity contribution is 5.76. The van der Waals surface area contributed by atoms with E-state index in [0.29, 0.717) is 6.73 Å². The predicted octanol–water partition coefficient (Wildman–Crippen LogP) is 0.520. The van der Waals surface area contributed by atoms with E-state index in [1.807, 2.05) is 20.8 Å². The van der Waals surface area contributed by atoms with Gasteiger partial charge in [-0.3, -0.25) is 10.1 Å².